The van der Waals surface area contributed by atoms with Gasteiger partial charge in [0.25, 0.3) is 0 Å². The molecule has 0 radical (unpaired) electrons. The van der Waals surface area contributed by atoms with Gasteiger partial charge in [-0.05, 0) is 56.1 Å². The summed E-state index contributed by atoms with van der Waals surface area (Å²) in [7, 11) is 1.82. The first-order chi connectivity index (χ1) is 14.7. The van der Waals surface area contributed by atoms with Crippen LogP contribution in [0.15, 0.2) is 48.5 Å². The Labute approximate surface area is 182 Å². The van der Waals surface area contributed by atoms with Gasteiger partial charge in [0.05, 0.1) is 35.5 Å². The zero-order valence-corrected chi connectivity index (χ0v) is 17.7. The van der Waals surface area contributed by atoms with E-state index in [0.717, 1.165) is 5.56 Å². The highest BCUT2D eigenvalue weighted by molar-refractivity contribution is 5.33. The first kappa shape index (κ1) is 24.5. The van der Waals surface area contributed by atoms with Crippen LogP contribution < -0.4 is 0 Å². The minimum absolute atomic E-state index is 0.0428. The molecule has 0 aromatic heterocycles. The molecule has 2 aromatic carbocycles. The van der Waals surface area contributed by atoms with Crippen molar-refractivity contribution in [3.05, 3.63) is 70.8 Å². The lowest BCUT2D eigenvalue weighted by Crippen LogP contribution is -2.57. The Morgan fingerprint density at radius 1 is 0.938 bits per heavy atom. The van der Waals surface area contributed by atoms with Crippen molar-refractivity contribution in [1.29, 1.82) is 0 Å². The third-order valence-corrected chi connectivity index (χ3v) is 5.95. The molecular formula is C23H25F6NO2. The Kier molecular flexibility index (Phi) is 6.66. The molecule has 3 rings (SSSR count). The molecule has 32 heavy (non-hydrogen) atoms. The molecule has 176 valence electrons. The monoisotopic (exact) mass is 461 g/mol. The number of likely N-dealkylation sites (tertiary alicyclic amines) is 1. The Hall–Kier alpha value is -2.10. The molecule has 1 aliphatic heterocycles. The molecule has 0 amide bonds. The molecule has 0 spiro atoms. The second-order valence-electron chi connectivity index (χ2n) is 8.66. The molecule has 1 N–H and O–H groups in total. The highest BCUT2D eigenvalue weighted by Crippen LogP contribution is 2.41. The van der Waals surface area contributed by atoms with Crippen LogP contribution in [0.25, 0.3) is 0 Å². The summed E-state index contributed by atoms with van der Waals surface area (Å²) in [4.78, 5) is 1.93. The standard InChI is InChI=1S/C23H25F6NO2/c1-20(31)8-9-21(30(2)14-20,17-6-4-3-5-7-17)15-32-13-16-10-18(22(24,25)26)12-19(11-16)23(27,28)29/h3-7,10-12,31H,8-9,13-15H2,1-2H3/t20-,21-/m1/s1. The largest absolute Gasteiger partial charge is 0.416 e. The van der Waals surface area contributed by atoms with Crippen LogP contribution in [0.1, 0.15) is 42.0 Å². The summed E-state index contributed by atoms with van der Waals surface area (Å²) in [6.07, 6.45) is -8.83. The van der Waals surface area contributed by atoms with Crippen LogP contribution in [0.2, 0.25) is 0 Å². The van der Waals surface area contributed by atoms with E-state index in [4.69, 9.17) is 4.74 Å². The molecular weight excluding hydrogens is 436 g/mol. The van der Waals surface area contributed by atoms with Gasteiger partial charge in [-0.1, -0.05) is 30.3 Å². The summed E-state index contributed by atoms with van der Waals surface area (Å²) < 4.78 is 84.4. The van der Waals surface area contributed by atoms with Crippen molar-refractivity contribution in [3.8, 4) is 0 Å². The first-order valence-electron chi connectivity index (χ1n) is 10.1. The number of rotatable bonds is 5. The fourth-order valence-corrected chi connectivity index (χ4v) is 4.23. The van der Waals surface area contributed by atoms with E-state index in [1.54, 1.807) is 6.92 Å². The molecule has 1 aliphatic rings. The maximum absolute atomic E-state index is 13.1. The summed E-state index contributed by atoms with van der Waals surface area (Å²) >= 11 is 0. The maximum atomic E-state index is 13.1. The van der Waals surface area contributed by atoms with E-state index in [0.29, 0.717) is 31.5 Å². The molecule has 0 bridgehead atoms. The summed E-state index contributed by atoms with van der Waals surface area (Å²) in [5, 5.41) is 10.4. The van der Waals surface area contributed by atoms with Gasteiger partial charge in [-0.15, -0.1) is 0 Å². The van der Waals surface area contributed by atoms with Crippen LogP contribution in [0.5, 0.6) is 0 Å². The Balaban J connectivity index is 1.86. The topological polar surface area (TPSA) is 32.7 Å². The SMILES string of the molecule is CN1C[C@](C)(O)CC[C@@]1(COCc1cc(C(F)(F)F)cc(C(F)(F)F)c1)c1ccccc1. The molecule has 9 heteroatoms. The lowest BCUT2D eigenvalue weighted by atomic mass is 9.77. The third-order valence-electron chi connectivity index (χ3n) is 5.95. The number of alkyl halides is 6. The van der Waals surface area contributed by atoms with Gasteiger partial charge >= 0.3 is 12.4 Å². The van der Waals surface area contributed by atoms with Crippen molar-refractivity contribution >= 4 is 0 Å². The lowest BCUT2D eigenvalue weighted by molar-refractivity contribution is -0.143. The molecule has 0 saturated carbocycles. The van der Waals surface area contributed by atoms with Crippen LogP contribution in [-0.4, -0.2) is 35.8 Å². The van der Waals surface area contributed by atoms with Crippen LogP contribution in [0.4, 0.5) is 26.3 Å². The van der Waals surface area contributed by atoms with Crippen LogP contribution in [0.3, 0.4) is 0 Å². The summed E-state index contributed by atoms with van der Waals surface area (Å²) in [5.41, 5.74) is -3.61. The van der Waals surface area contributed by atoms with Crippen LogP contribution in [-0.2, 0) is 29.2 Å². The zero-order chi connectivity index (χ0) is 23.8. The molecule has 2 aromatic rings. The smallest absolute Gasteiger partial charge is 0.389 e. The van der Waals surface area contributed by atoms with Gasteiger partial charge < -0.3 is 9.84 Å². The van der Waals surface area contributed by atoms with Crippen molar-refractivity contribution in [2.24, 2.45) is 0 Å². The average molecular weight is 461 g/mol. The fraction of sp³-hybridized carbons (Fsp3) is 0.478. The first-order valence-corrected chi connectivity index (χ1v) is 10.1. The number of halogens is 6. The van der Waals surface area contributed by atoms with Gasteiger partial charge in [-0.25, -0.2) is 0 Å². The van der Waals surface area contributed by atoms with E-state index in [-0.39, 0.29) is 18.2 Å². The van der Waals surface area contributed by atoms with Crippen molar-refractivity contribution in [3.63, 3.8) is 0 Å². The quantitative estimate of drug-likeness (QED) is 0.588. The number of hydrogen-bond donors (Lipinski definition) is 1. The van der Waals surface area contributed by atoms with Gasteiger partial charge in [-0.3, -0.25) is 4.90 Å². The van der Waals surface area contributed by atoms with E-state index >= 15 is 0 Å². The number of nitrogens with zero attached hydrogens (tertiary/aromatic N) is 1. The van der Waals surface area contributed by atoms with Gasteiger partial charge in [0, 0.05) is 6.54 Å². The van der Waals surface area contributed by atoms with Gasteiger partial charge in [0.1, 0.15) is 0 Å². The summed E-state index contributed by atoms with van der Waals surface area (Å²) in [5.74, 6) is 0. The Morgan fingerprint density at radius 3 is 2.00 bits per heavy atom. The summed E-state index contributed by atoms with van der Waals surface area (Å²) in [6, 6.07) is 10.8. The fourth-order valence-electron chi connectivity index (χ4n) is 4.23. The van der Waals surface area contributed by atoms with Crippen molar-refractivity contribution in [2.45, 2.75) is 49.9 Å². The van der Waals surface area contributed by atoms with Crippen molar-refractivity contribution in [2.75, 3.05) is 20.2 Å². The Bertz CT molecular complexity index is 894. The number of likely N-dealkylation sites (N-methyl/N-ethyl adjacent to an activating group) is 1. The second kappa shape index (κ2) is 8.68. The average Bonchev–Trinajstić information content (AvgIpc) is 2.68. The predicted molar refractivity (Wildman–Crippen MR) is 107 cm³/mol. The van der Waals surface area contributed by atoms with Gasteiger partial charge in [-0.2, -0.15) is 26.3 Å². The van der Waals surface area contributed by atoms with Gasteiger partial charge in [0.15, 0.2) is 0 Å². The van der Waals surface area contributed by atoms with E-state index in [2.05, 4.69) is 0 Å². The second-order valence-corrected chi connectivity index (χ2v) is 8.66. The normalized spacial score (nSPS) is 25.2. The highest BCUT2D eigenvalue weighted by atomic mass is 19.4. The molecule has 0 unspecified atom stereocenters. The predicted octanol–water partition coefficient (Wildman–Crippen LogP) is 5.61. The van der Waals surface area contributed by atoms with Crippen molar-refractivity contribution in [1.82, 2.24) is 4.90 Å². The summed E-state index contributed by atoms with van der Waals surface area (Å²) in [6.45, 7) is 1.70. The lowest BCUT2D eigenvalue weighted by Gasteiger charge is -2.50. The number of β-amino-alcohol motifs (C(OH)–C–C–N with tert-alkyl or cyclic N) is 1. The number of aliphatic hydroxyl groups is 1. The number of benzene rings is 2. The minimum Gasteiger partial charge on any atom is -0.389 e. The van der Waals surface area contributed by atoms with Crippen molar-refractivity contribution < 1.29 is 36.2 Å². The maximum Gasteiger partial charge on any atom is 0.416 e. The third kappa shape index (κ3) is 5.44. The van der Waals surface area contributed by atoms with E-state index < -0.39 is 41.2 Å². The van der Waals surface area contributed by atoms with E-state index in [1.165, 1.54) is 0 Å². The van der Waals surface area contributed by atoms with E-state index in [9.17, 15) is 31.4 Å². The molecule has 1 fully saturated rings. The van der Waals surface area contributed by atoms with E-state index in [1.807, 2.05) is 42.3 Å². The molecule has 1 heterocycles. The number of ether oxygens (including phenoxy) is 1. The van der Waals surface area contributed by atoms with Crippen LogP contribution in [0, 0.1) is 0 Å². The molecule has 1 saturated heterocycles. The minimum atomic E-state index is -4.91. The molecule has 2 atom stereocenters. The zero-order valence-electron chi connectivity index (χ0n) is 17.7. The Morgan fingerprint density at radius 2 is 1.50 bits per heavy atom. The van der Waals surface area contributed by atoms with Gasteiger partial charge in [0.2, 0.25) is 0 Å². The number of hydrogen-bond acceptors (Lipinski definition) is 3. The number of piperidine rings is 1. The molecule has 0 aliphatic carbocycles. The molecule has 3 nitrogen and oxygen atoms in total. The van der Waals surface area contributed by atoms with Crippen LogP contribution >= 0.6 is 0 Å². The highest BCUT2D eigenvalue weighted by Gasteiger charge is 2.45.